The monoisotopic (exact) mass is 201 g/mol. The van der Waals surface area contributed by atoms with E-state index >= 15 is 0 Å². The molecule has 1 aliphatic rings. The molecule has 2 aromatic rings. The van der Waals surface area contributed by atoms with E-state index in [0.717, 1.165) is 12.8 Å². The summed E-state index contributed by atoms with van der Waals surface area (Å²) in [6.45, 7) is 0.256. The van der Waals surface area contributed by atoms with E-state index in [1.807, 2.05) is 0 Å². The van der Waals surface area contributed by atoms with Crippen LogP contribution in [0.2, 0.25) is 0 Å². The largest absolute Gasteiger partial charge is 0.394 e. The first-order chi connectivity index (χ1) is 7.36. The Morgan fingerprint density at radius 2 is 2.00 bits per heavy atom. The Morgan fingerprint density at radius 1 is 1.20 bits per heavy atom. The maximum absolute atomic E-state index is 9.55. The molecule has 0 spiro atoms. The molecule has 1 aliphatic carbocycles. The van der Waals surface area contributed by atoms with Crippen LogP contribution in [0.25, 0.3) is 10.9 Å². The number of aliphatic hydroxyl groups is 1. The Balaban J connectivity index is 2.18. The van der Waals surface area contributed by atoms with E-state index in [1.54, 1.807) is 0 Å². The SMILES string of the molecule is OCC1(n2ccc3ccccc32)CCC1. The van der Waals surface area contributed by atoms with Gasteiger partial charge in [0, 0.05) is 11.7 Å². The number of aromatic nitrogens is 1. The van der Waals surface area contributed by atoms with Crippen molar-refractivity contribution >= 4 is 10.9 Å². The Hall–Kier alpha value is -1.28. The quantitative estimate of drug-likeness (QED) is 0.793. The number of benzene rings is 1. The highest BCUT2D eigenvalue weighted by atomic mass is 16.3. The lowest BCUT2D eigenvalue weighted by molar-refractivity contribution is 0.0594. The minimum atomic E-state index is -0.0108. The van der Waals surface area contributed by atoms with Gasteiger partial charge in [-0.05, 0) is 36.8 Å². The summed E-state index contributed by atoms with van der Waals surface area (Å²) in [5, 5.41) is 10.8. The van der Waals surface area contributed by atoms with Crippen molar-refractivity contribution in [3.8, 4) is 0 Å². The van der Waals surface area contributed by atoms with Gasteiger partial charge in [0.2, 0.25) is 0 Å². The molecular weight excluding hydrogens is 186 g/mol. The first-order valence-electron chi connectivity index (χ1n) is 5.53. The fourth-order valence-corrected chi connectivity index (χ4v) is 2.56. The number of rotatable bonds is 2. The third-order valence-electron chi connectivity index (χ3n) is 3.69. The molecule has 3 rings (SSSR count). The van der Waals surface area contributed by atoms with E-state index in [2.05, 4.69) is 41.1 Å². The zero-order valence-electron chi connectivity index (χ0n) is 8.69. The molecule has 2 heteroatoms. The Morgan fingerprint density at radius 3 is 2.67 bits per heavy atom. The van der Waals surface area contributed by atoms with Crippen LogP contribution in [0.15, 0.2) is 36.5 Å². The van der Waals surface area contributed by atoms with Gasteiger partial charge in [-0.1, -0.05) is 18.2 Å². The minimum absolute atomic E-state index is 0.0108. The van der Waals surface area contributed by atoms with Crippen LogP contribution in [-0.2, 0) is 5.54 Å². The standard InChI is InChI=1S/C13H15NO/c15-10-13(7-3-8-13)14-9-6-11-4-1-2-5-12(11)14/h1-2,4-6,9,15H,3,7-8,10H2. The molecule has 15 heavy (non-hydrogen) atoms. The van der Waals surface area contributed by atoms with Crippen molar-refractivity contribution in [1.82, 2.24) is 4.57 Å². The molecule has 0 aliphatic heterocycles. The summed E-state index contributed by atoms with van der Waals surface area (Å²) in [4.78, 5) is 0. The molecule has 1 heterocycles. The van der Waals surface area contributed by atoms with Crippen molar-refractivity contribution in [2.24, 2.45) is 0 Å². The molecule has 0 atom stereocenters. The fourth-order valence-electron chi connectivity index (χ4n) is 2.56. The van der Waals surface area contributed by atoms with E-state index in [1.165, 1.54) is 17.3 Å². The number of para-hydroxylation sites is 1. The van der Waals surface area contributed by atoms with E-state index in [4.69, 9.17) is 0 Å². The van der Waals surface area contributed by atoms with E-state index < -0.39 is 0 Å². The molecule has 78 valence electrons. The fraction of sp³-hybridized carbons (Fsp3) is 0.385. The Kier molecular flexibility index (Phi) is 1.86. The summed E-state index contributed by atoms with van der Waals surface area (Å²) in [6, 6.07) is 10.5. The van der Waals surface area contributed by atoms with E-state index in [0.29, 0.717) is 0 Å². The van der Waals surface area contributed by atoms with Crippen LogP contribution >= 0.6 is 0 Å². The van der Waals surface area contributed by atoms with Crippen molar-refractivity contribution in [1.29, 1.82) is 0 Å². The molecular formula is C13H15NO. The summed E-state index contributed by atoms with van der Waals surface area (Å²) in [6.07, 6.45) is 5.54. The third-order valence-corrected chi connectivity index (χ3v) is 3.69. The van der Waals surface area contributed by atoms with Gasteiger partial charge in [-0.25, -0.2) is 0 Å². The average molecular weight is 201 g/mol. The number of fused-ring (bicyclic) bond motifs is 1. The summed E-state index contributed by atoms with van der Waals surface area (Å²) >= 11 is 0. The van der Waals surface area contributed by atoms with Crippen LogP contribution in [-0.4, -0.2) is 16.3 Å². The van der Waals surface area contributed by atoms with Gasteiger partial charge in [0.25, 0.3) is 0 Å². The molecule has 0 amide bonds. The first-order valence-corrected chi connectivity index (χ1v) is 5.53. The molecule has 1 N–H and O–H groups in total. The van der Waals surface area contributed by atoms with Gasteiger partial charge in [-0.2, -0.15) is 0 Å². The van der Waals surface area contributed by atoms with Crippen molar-refractivity contribution in [3.05, 3.63) is 36.5 Å². The lowest BCUT2D eigenvalue weighted by Gasteiger charge is -2.42. The molecule has 0 radical (unpaired) electrons. The van der Waals surface area contributed by atoms with Gasteiger partial charge in [0.1, 0.15) is 0 Å². The molecule has 1 aromatic heterocycles. The molecule has 1 fully saturated rings. The Bertz CT molecular complexity index is 476. The van der Waals surface area contributed by atoms with Gasteiger partial charge in [0.05, 0.1) is 12.1 Å². The van der Waals surface area contributed by atoms with Gasteiger partial charge >= 0.3 is 0 Å². The smallest absolute Gasteiger partial charge is 0.0676 e. The number of aliphatic hydroxyl groups excluding tert-OH is 1. The molecule has 1 aromatic carbocycles. The zero-order valence-corrected chi connectivity index (χ0v) is 8.69. The maximum Gasteiger partial charge on any atom is 0.0676 e. The highest BCUT2D eigenvalue weighted by Crippen LogP contribution is 2.40. The van der Waals surface area contributed by atoms with Crippen LogP contribution in [0.4, 0.5) is 0 Å². The van der Waals surface area contributed by atoms with E-state index in [-0.39, 0.29) is 12.1 Å². The first kappa shape index (κ1) is 8.98. The predicted octanol–water partition coefficient (Wildman–Crippen LogP) is 2.51. The second kappa shape index (κ2) is 3.11. The second-order valence-corrected chi connectivity index (χ2v) is 4.48. The lowest BCUT2D eigenvalue weighted by atomic mass is 9.77. The summed E-state index contributed by atoms with van der Waals surface area (Å²) in [7, 11) is 0. The van der Waals surface area contributed by atoms with Crippen molar-refractivity contribution < 1.29 is 5.11 Å². The molecule has 2 nitrogen and oxygen atoms in total. The second-order valence-electron chi connectivity index (χ2n) is 4.48. The predicted molar refractivity (Wildman–Crippen MR) is 60.8 cm³/mol. The topological polar surface area (TPSA) is 25.2 Å². The molecule has 1 saturated carbocycles. The van der Waals surface area contributed by atoms with E-state index in [9.17, 15) is 5.11 Å². The Labute approximate surface area is 89.1 Å². The van der Waals surface area contributed by atoms with Crippen LogP contribution in [0.3, 0.4) is 0 Å². The molecule has 0 unspecified atom stereocenters. The number of hydrogen-bond acceptors (Lipinski definition) is 1. The van der Waals surface area contributed by atoms with Crippen molar-refractivity contribution in [2.75, 3.05) is 6.61 Å². The highest BCUT2D eigenvalue weighted by molar-refractivity contribution is 5.80. The molecule has 0 bridgehead atoms. The van der Waals surface area contributed by atoms with Crippen LogP contribution in [0, 0.1) is 0 Å². The normalized spacial score (nSPS) is 19.0. The summed E-state index contributed by atoms with van der Waals surface area (Å²) < 4.78 is 2.26. The lowest BCUT2D eigenvalue weighted by Crippen LogP contribution is -2.43. The van der Waals surface area contributed by atoms with Gasteiger partial charge < -0.3 is 9.67 Å². The summed E-state index contributed by atoms with van der Waals surface area (Å²) in [5.74, 6) is 0. The van der Waals surface area contributed by atoms with Crippen molar-refractivity contribution in [3.63, 3.8) is 0 Å². The van der Waals surface area contributed by atoms with Gasteiger partial charge in [0.15, 0.2) is 0 Å². The molecule has 0 saturated heterocycles. The highest BCUT2D eigenvalue weighted by Gasteiger charge is 2.38. The summed E-state index contributed by atoms with van der Waals surface area (Å²) in [5.41, 5.74) is 1.23. The minimum Gasteiger partial charge on any atom is -0.394 e. The van der Waals surface area contributed by atoms with Crippen molar-refractivity contribution in [2.45, 2.75) is 24.8 Å². The van der Waals surface area contributed by atoms with Crippen LogP contribution < -0.4 is 0 Å². The van der Waals surface area contributed by atoms with Gasteiger partial charge in [-0.3, -0.25) is 0 Å². The third kappa shape index (κ3) is 1.15. The van der Waals surface area contributed by atoms with Crippen LogP contribution in [0.1, 0.15) is 19.3 Å². The van der Waals surface area contributed by atoms with Crippen LogP contribution in [0.5, 0.6) is 0 Å². The zero-order chi connectivity index (χ0) is 10.3. The average Bonchev–Trinajstić information content (AvgIpc) is 2.62. The maximum atomic E-state index is 9.55. The number of nitrogens with zero attached hydrogens (tertiary/aromatic N) is 1. The van der Waals surface area contributed by atoms with Gasteiger partial charge in [-0.15, -0.1) is 0 Å². The number of hydrogen-bond donors (Lipinski definition) is 1.